The van der Waals surface area contributed by atoms with Crippen LogP contribution in [-0.2, 0) is 5.75 Å². The molecule has 0 bridgehead atoms. The first-order valence-electron chi connectivity index (χ1n) is 5.89. The summed E-state index contributed by atoms with van der Waals surface area (Å²) >= 11 is 1.19. The van der Waals surface area contributed by atoms with E-state index in [2.05, 4.69) is 20.6 Å². The van der Waals surface area contributed by atoms with Crippen molar-refractivity contribution in [1.29, 1.82) is 5.26 Å². The lowest BCUT2D eigenvalue weighted by atomic mass is 10.3. The Morgan fingerprint density at radius 2 is 1.65 bits per heavy atom. The highest BCUT2D eigenvalue weighted by molar-refractivity contribution is 8.02. The van der Waals surface area contributed by atoms with Crippen LogP contribution >= 0.6 is 11.8 Å². The number of aromatic nitrogens is 5. The normalized spacial score (nSPS) is 10.3. The van der Waals surface area contributed by atoms with Gasteiger partial charge in [0.2, 0.25) is 0 Å². The average Bonchev–Trinajstić information content (AvgIpc) is 3.17. The molecule has 3 aromatic heterocycles. The van der Waals surface area contributed by atoms with Crippen LogP contribution in [-0.4, -0.2) is 24.5 Å². The summed E-state index contributed by atoms with van der Waals surface area (Å²) in [6.07, 6.45) is 7.06. The highest BCUT2D eigenvalue weighted by Crippen LogP contribution is 2.17. The lowest BCUT2D eigenvalue weighted by Crippen LogP contribution is -2.05. The fourth-order valence-electron chi connectivity index (χ4n) is 1.80. The molecular formula is C13H10N6S. The van der Waals surface area contributed by atoms with Gasteiger partial charge in [-0.3, -0.25) is 0 Å². The van der Waals surface area contributed by atoms with E-state index in [-0.39, 0.29) is 0 Å². The van der Waals surface area contributed by atoms with Gasteiger partial charge in [0.15, 0.2) is 11.6 Å². The molecule has 7 heteroatoms. The van der Waals surface area contributed by atoms with E-state index in [0.29, 0.717) is 17.4 Å². The van der Waals surface area contributed by atoms with Crippen molar-refractivity contribution in [3.8, 4) is 17.0 Å². The first kappa shape index (κ1) is 12.4. The average molecular weight is 282 g/mol. The van der Waals surface area contributed by atoms with Crippen LogP contribution in [0.25, 0.3) is 11.6 Å². The predicted octanol–water partition coefficient (Wildman–Crippen LogP) is 2.17. The number of hydrogen-bond donors (Lipinski definition) is 0. The molecule has 0 aromatic carbocycles. The van der Waals surface area contributed by atoms with E-state index in [0.717, 1.165) is 5.56 Å². The summed E-state index contributed by atoms with van der Waals surface area (Å²) in [5, 5.41) is 19.1. The fraction of sp³-hybridized carbons (Fsp3) is 0.0769. The molecule has 0 aliphatic carbocycles. The molecule has 3 rings (SSSR count). The molecular weight excluding hydrogens is 272 g/mol. The van der Waals surface area contributed by atoms with Crippen LogP contribution in [0.2, 0.25) is 0 Å². The van der Waals surface area contributed by atoms with Crippen molar-refractivity contribution in [2.45, 2.75) is 5.75 Å². The van der Waals surface area contributed by atoms with E-state index in [4.69, 9.17) is 5.26 Å². The van der Waals surface area contributed by atoms with Crippen LogP contribution in [0, 0.1) is 10.7 Å². The molecule has 0 radical (unpaired) electrons. The van der Waals surface area contributed by atoms with Crippen molar-refractivity contribution >= 4 is 11.8 Å². The van der Waals surface area contributed by atoms with Crippen molar-refractivity contribution in [1.82, 2.24) is 24.5 Å². The van der Waals surface area contributed by atoms with Crippen LogP contribution in [0.15, 0.2) is 49.1 Å². The topological polar surface area (TPSA) is 72.3 Å². The largest absolute Gasteiger partial charge is 0.223 e. The van der Waals surface area contributed by atoms with Gasteiger partial charge < -0.3 is 0 Å². The Hall–Kier alpha value is -2.59. The molecule has 0 saturated carbocycles. The molecule has 0 saturated heterocycles. The lowest BCUT2D eigenvalue weighted by molar-refractivity contribution is 0.800. The molecule has 0 aliphatic rings. The van der Waals surface area contributed by atoms with Crippen LogP contribution < -0.4 is 0 Å². The first-order valence-corrected chi connectivity index (χ1v) is 6.87. The number of rotatable bonds is 4. The summed E-state index contributed by atoms with van der Waals surface area (Å²) < 4.78 is 3.38. The van der Waals surface area contributed by atoms with E-state index < -0.39 is 0 Å². The summed E-state index contributed by atoms with van der Waals surface area (Å²) in [6.45, 7) is 0. The Kier molecular flexibility index (Phi) is 3.48. The monoisotopic (exact) mass is 282 g/mol. The molecule has 0 aliphatic heterocycles. The molecule has 0 unspecified atom stereocenters. The van der Waals surface area contributed by atoms with E-state index in [9.17, 15) is 0 Å². The third-order valence-electron chi connectivity index (χ3n) is 2.64. The maximum absolute atomic E-state index is 8.70. The lowest BCUT2D eigenvalue weighted by Gasteiger charge is -2.08. The van der Waals surface area contributed by atoms with E-state index >= 15 is 0 Å². The molecule has 20 heavy (non-hydrogen) atoms. The Balaban J connectivity index is 2.06. The zero-order valence-corrected chi connectivity index (χ0v) is 11.2. The maximum atomic E-state index is 8.70. The summed E-state index contributed by atoms with van der Waals surface area (Å²) in [5.41, 5.74) is 1.00. The van der Waals surface area contributed by atoms with Crippen molar-refractivity contribution in [3.05, 3.63) is 54.6 Å². The van der Waals surface area contributed by atoms with E-state index in [1.54, 1.807) is 21.8 Å². The zero-order chi connectivity index (χ0) is 13.8. The van der Waals surface area contributed by atoms with Crippen molar-refractivity contribution in [2.75, 3.05) is 0 Å². The number of hydrogen-bond acceptors (Lipinski definition) is 5. The van der Waals surface area contributed by atoms with Crippen LogP contribution in [0.3, 0.4) is 0 Å². The van der Waals surface area contributed by atoms with Gasteiger partial charge in [-0.1, -0.05) is 0 Å². The Morgan fingerprint density at radius 3 is 2.10 bits per heavy atom. The van der Waals surface area contributed by atoms with Crippen molar-refractivity contribution in [2.24, 2.45) is 0 Å². The quantitative estimate of drug-likeness (QED) is 0.686. The van der Waals surface area contributed by atoms with Gasteiger partial charge in [0.05, 0.1) is 0 Å². The van der Waals surface area contributed by atoms with Gasteiger partial charge in [0.25, 0.3) is 0 Å². The predicted molar refractivity (Wildman–Crippen MR) is 75.4 cm³/mol. The standard InChI is InChI=1S/C13H10N6S/c14-10-20-9-11-7-12(18-5-1-3-15-18)17-13(8-11)19-6-2-4-16-19/h1-8H,9H2. The van der Waals surface area contributed by atoms with Crippen molar-refractivity contribution < 1.29 is 0 Å². The minimum Gasteiger partial charge on any atom is -0.223 e. The minimum atomic E-state index is 0.599. The number of pyridine rings is 1. The van der Waals surface area contributed by atoms with Gasteiger partial charge in [-0.2, -0.15) is 15.5 Å². The van der Waals surface area contributed by atoms with Crippen LogP contribution in [0.5, 0.6) is 0 Å². The Morgan fingerprint density at radius 1 is 1.05 bits per heavy atom. The maximum Gasteiger partial charge on any atom is 0.156 e. The second-order valence-electron chi connectivity index (χ2n) is 3.97. The van der Waals surface area contributed by atoms with E-state index in [1.165, 1.54) is 11.8 Å². The molecule has 3 heterocycles. The highest BCUT2D eigenvalue weighted by Gasteiger charge is 2.07. The highest BCUT2D eigenvalue weighted by atomic mass is 32.2. The molecule has 0 fully saturated rings. The first-order chi connectivity index (χ1) is 9.86. The molecule has 0 amide bonds. The van der Waals surface area contributed by atoms with Gasteiger partial charge in [0.1, 0.15) is 5.40 Å². The molecule has 0 N–H and O–H groups in total. The number of thioether (sulfide) groups is 1. The summed E-state index contributed by atoms with van der Waals surface area (Å²) in [5.74, 6) is 2.01. The van der Waals surface area contributed by atoms with Gasteiger partial charge in [0, 0.05) is 30.5 Å². The molecule has 98 valence electrons. The van der Waals surface area contributed by atoms with Gasteiger partial charge >= 0.3 is 0 Å². The van der Waals surface area contributed by atoms with Gasteiger partial charge in [-0.05, 0) is 41.6 Å². The molecule has 3 aromatic rings. The van der Waals surface area contributed by atoms with Gasteiger partial charge in [-0.15, -0.1) is 0 Å². The number of nitrogens with zero attached hydrogens (tertiary/aromatic N) is 6. The number of nitriles is 1. The second kappa shape index (κ2) is 5.59. The van der Waals surface area contributed by atoms with Crippen molar-refractivity contribution in [3.63, 3.8) is 0 Å². The SMILES string of the molecule is N#CSCc1cc(-n2cccn2)nc(-n2cccn2)c1. The van der Waals surface area contributed by atoms with Crippen LogP contribution in [0.4, 0.5) is 0 Å². The van der Waals surface area contributed by atoms with Crippen LogP contribution in [0.1, 0.15) is 5.56 Å². The third-order valence-corrected chi connectivity index (χ3v) is 3.25. The fourth-order valence-corrected chi connectivity index (χ4v) is 2.20. The Labute approximate surface area is 119 Å². The third kappa shape index (κ3) is 2.55. The second-order valence-corrected chi connectivity index (χ2v) is 4.73. The molecule has 6 nitrogen and oxygen atoms in total. The minimum absolute atomic E-state index is 0.599. The zero-order valence-electron chi connectivity index (χ0n) is 10.4. The van der Waals surface area contributed by atoms with Gasteiger partial charge in [-0.25, -0.2) is 14.3 Å². The molecule has 0 atom stereocenters. The van der Waals surface area contributed by atoms with E-state index in [1.807, 2.05) is 36.7 Å². The summed E-state index contributed by atoms with van der Waals surface area (Å²) in [7, 11) is 0. The summed E-state index contributed by atoms with van der Waals surface area (Å²) in [6, 6.07) is 7.52. The molecule has 0 spiro atoms. The smallest absolute Gasteiger partial charge is 0.156 e. The number of thiocyanates is 1. The summed E-state index contributed by atoms with van der Waals surface area (Å²) in [4.78, 5) is 4.54. The Bertz CT molecular complexity index is 674.